The summed E-state index contributed by atoms with van der Waals surface area (Å²) >= 11 is 12.1. The van der Waals surface area contributed by atoms with Gasteiger partial charge in [-0.3, -0.25) is 13.9 Å². The molecule has 0 bridgehead atoms. The van der Waals surface area contributed by atoms with Gasteiger partial charge in [0.2, 0.25) is 21.8 Å². The molecule has 0 aliphatic heterocycles. The van der Waals surface area contributed by atoms with Crippen LogP contribution in [0.2, 0.25) is 10.0 Å². The Labute approximate surface area is 225 Å². The molecule has 0 spiro atoms. The van der Waals surface area contributed by atoms with Crippen molar-refractivity contribution in [2.24, 2.45) is 0 Å². The van der Waals surface area contributed by atoms with Crippen molar-refractivity contribution in [2.75, 3.05) is 24.2 Å². The predicted molar refractivity (Wildman–Crippen MR) is 144 cm³/mol. The van der Waals surface area contributed by atoms with Crippen LogP contribution in [0.25, 0.3) is 0 Å². The molecule has 3 rings (SSSR count). The fourth-order valence-corrected chi connectivity index (χ4v) is 4.92. The van der Waals surface area contributed by atoms with Crippen molar-refractivity contribution in [3.63, 3.8) is 0 Å². The fraction of sp³-hybridized carbons (Fsp3) is 0.231. The van der Waals surface area contributed by atoms with Crippen LogP contribution in [-0.4, -0.2) is 51.0 Å². The molecule has 0 aliphatic carbocycles. The van der Waals surface area contributed by atoms with Gasteiger partial charge in [-0.15, -0.1) is 0 Å². The molecule has 0 saturated heterocycles. The SMILES string of the molecule is CNC(=O)[C@H](Cc1ccccc1)N(Cc1ccccc1F)C(=O)CN(c1ccc(Cl)c(Cl)c1)S(C)(=O)=O. The van der Waals surface area contributed by atoms with E-state index in [0.29, 0.717) is 0 Å². The number of hydrogen-bond donors (Lipinski definition) is 1. The third kappa shape index (κ3) is 7.44. The number of carbonyl (C=O) groups is 2. The number of halogens is 3. The van der Waals surface area contributed by atoms with Gasteiger partial charge in [-0.1, -0.05) is 71.7 Å². The molecule has 0 aliphatic rings. The van der Waals surface area contributed by atoms with E-state index in [9.17, 15) is 22.4 Å². The number of benzene rings is 3. The van der Waals surface area contributed by atoms with Crippen LogP contribution in [0.15, 0.2) is 72.8 Å². The summed E-state index contributed by atoms with van der Waals surface area (Å²) < 4.78 is 40.9. The van der Waals surface area contributed by atoms with Crippen LogP contribution in [0.4, 0.5) is 10.1 Å². The Morgan fingerprint density at radius 3 is 2.22 bits per heavy atom. The second kappa shape index (κ2) is 12.4. The average molecular weight is 566 g/mol. The van der Waals surface area contributed by atoms with E-state index in [-0.39, 0.29) is 34.3 Å². The Morgan fingerprint density at radius 2 is 1.62 bits per heavy atom. The highest BCUT2D eigenvalue weighted by Gasteiger charge is 2.33. The van der Waals surface area contributed by atoms with Gasteiger partial charge in [0.1, 0.15) is 18.4 Å². The Bertz CT molecular complexity index is 1370. The van der Waals surface area contributed by atoms with E-state index in [0.717, 1.165) is 16.1 Å². The van der Waals surface area contributed by atoms with Crippen LogP contribution >= 0.6 is 23.2 Å². The molecule has 0 heterocycles. The van der Waals surface area contributed by atoms with Gasteiger partial charge in [0.05, 0.1) is 22.0 Å². The molecule has 0 aromatic heterocycles. The summed E-state index contributed by atoms with van der Waals surface area (Å²) in [5.41, 5.74) is 1.07. The fourth-order valence-electron chi connectivity index (χ4n) is 3.78. The van der Waals surface area contributed by atoms with Gasteiger partial charge in [0, 0.05) is 25.6 Å². The van der Waals surface area contributed by atoms with Gasteiger partial charge in [-0.25, -0.2) is 12.8 Å². The predicted octanol–water partition coefficient (Wildman–Crippen LogP) is 4.28. The number of sulfonamides is 1. The Kier molecular flexibility index (Phi) is 9.53. The molecule has 0 fully saturated rings. The largest absolute Gasteiger partial charge is 0.357 e. The topological polar surface area (TPSA) is 86.8 Å². The lowest BCUT2D eigenvalue weighted by Gasteiger charge is -2.33. The summed E-state index contributed by atoms with van der Waals surface area (Å²) in [5.74, 6) is -1.74. The summed E-state index contributed by atoms with van der Waals surface area (Å²) in [6, 6.07) is 18.0. The maximum Gasteiger partial charge on any atom is 0.244 e. The van der Waals surface area contributed by atoms with E-state index in [4.69, 9.17) is 23.2 Å². The summed E-state index contributed by atoms with van der Waals surface area (Å²) in [6.07, 6.45) is 1.08. The molecule has 37 heavy (non-hydrogen) atoms. The first kappa shape index (κ1) is 28.4. The van der Waals surface area contributed by atoms with Crippen LogP contribution in [-0.2, 0) is 32.6 Å². The zero-order chi connectivity index (χ0) is 27.2. The number of nitrogens with one attached hydrogen (secondary N) is 1. The molecule has 1 atom stereocenters. The first-order valence-electron chi connectivity index (χ1n) is 11.2. The van der Waals surface area contributed by atoms with Crippen molar-refractivity contribution >= 4 is 50.7 Å². The number of amides is 2. The van der Waals surface area contributed by atoms with E-state index in [1.807, 2.05) is 6.07 Å². The van der Waals surface area contributed by atoms with Gasteiger partial charge < -0.3 is 10.2 Å². The minimum Gasteiger partial charge on any atom is -0.357 e. The standard InChI is InChI=1S/C26H26Cl2FN3O4S/c1-30-26(34)24(14-18-8-4-3-5-9-18)31(16-19-10-6-7-11-23(19)29)25(33)17-32(37(2,35)36)20-12-13-21(27)22(28)15-20/h3-13,15,24H,14,16-17H2,1-2H3,(H,30,34)/t24-/m0/s1. The molecule has 2 amide bonds. The van der Waals surface area contributed by atoms with Crippen molar-refractivity contribution in [3.05, 3.63) is 99.8 Å². The lowest BCUT2D eigenvalue weighted by atomic mass is 10.0. The molecule has 3 aromatic rings. The van der Waals surface area contributed by atoms with Crippen LogP contribution < -0.4 is 9.62 Å². The first-order valence-corrected chi connectivity index (χ1v) is 13.8. The quantitative estimate of drug-likeness (QED) is 0.397. The molecule has 11 heteroatoms. The summed E-state index contributed by atoms with van der Waals surface area (Å²) in [7, 11) is -2.52. The smallest absolute Gasteiger partial charge is 0.244 e. The van der Waals surface area contributed by atoms with Crippen molar-refractivity contribution in [2.45, 2.75) is 19.0 Å². The molecule has 1 N–H and O–H groups in total. The summed E-state index contributed by atoms with van der Waals surface area (Å²) in [4.78, 5) is 28.0. The Hall–Kier alpha value is -3.14. The van der Waals surface area contributed by atoms with Gasteiger partial charge in [0.15, 0.2) is 0 Å². The molecule has 7 nitrogen and oxygen atoms in total. The zero-order valence-electron chi connectivity index (χ0n) is 20.2. The second-order valence-corrected chi connectivity index (χ2v) is 11.0. The minimum atomic E-state index is -3.96. The van der Waals surface area contributed by atoms with Gasteiger partial charge in [0.25, 0.3) is 0 Å². The highest BCUT2D eigenvalue weighted by molar-refractivity contribution is 7.92. The van der Waals surface area contributed by atoms with Gasteiger partial charge >= 0.3 is 0 Å². The highest BCUT2D eigenvalue weighted by Crippen LogP contribution is 2.29. The van der Waals surface area contributed by atoms with E-state index in [2.05, 4.69) is 5.32 Å². The molecule has 0 unspecified atom stereocenters. The van der Waals surface area contributed by atoms with Crippen LogP contribution in [0, 0.1) is 5.82 Å². The highest BCUT2D eigenvalue weighted by atomic mass is 35.5. The maximum atomic E-state index is 14.6. The molecule has 0 radical (unpaired) electrons. The minimum absolute atomic E-state index is 0.107. The number of carbonyl (C=O) groups excluding carboxylic acids is 2. The van der Waals surface area contributed by atoms with Crippen molar-refractivity contribution in [1.29, 1.82) is 0 Å². The zero-order valence-corrected chi connectivity index (χ0v) is 22.5. The number of nitrogens with zero attached hydrogens (tertiary/aromatic N) is 2. The van der Waals surface area contributed by atoms with Crippen molar-refractivity contribution < 1.29 is 22.4 Å². The number of anilines is 1. The number of rotatable bonds is 10. The second-order valence-electron chi connectivity index (χ2n) is 8.30. The van der Waals surface area contributed by atoms with Crippen LogP contribution in [0.5, 0.6) is 0 Å². The number of likely N-dealkylation sites (N-methyl/N-ethyl adjacent to an activating group) is 1. The lowest BCUT2D eigenvalue weighted by molar-refractivity contribution is -0.139. The van der Waals surface area contributed by atoms with E-state index >= 15 is 0 Å². The third-order valence-corrected chi connectivity index (χ3v) is 7.57. The first-order chi connectivity index (χ1) is 17.5. The number of hydrogen-bond acceptors (Lipinski definition) is 4. The molecule has 3 aromatic carbocycles. The Morgan fingerprint density at radius 1 is 0.973 bits per heavy atom. The van der Waals surface area contributed by atoms with Crippen LogP contribution in [0.3, 0.4) is 0 Å². The maximum absolute atomic E-state index is 14.6. The monoisotopic (exact) mass is 565 g/mol. The Balaban J connectivity index is 2.05. The lowest BCUT2D eigenvalue weighted by Crippen LogP contribution is -2.53. The molecule has 0 saturated carbocycles. The van der Waals surface area contributed by atoms with Gasteiger partial charge in [-0.05, 0) is 29.8 Å². The van der Waals surface area contributed by atoms with Crippen molar-refractivity contribution in [1.82, 2.24) is 10.2 Å². The molecular formula is C26H26Cl2FN3O4S. The van der Waals surface area contributed by atoms with E-state index in [1.54, 1.807) is 30.3 Å². The normalized spacial score (nSPS) is 12.0. The molecular weight excluding hydrogens is 540 g/mol. The third-order valence-electron chi connectivity index (χ3n) is 5.69. The molecule has 196 valence electrons. The van der Waals surface area contributed by atoms with Crippen molar-refractivity contribution in [3.8, 4) is 0 Å². The van der Waals surface area contributed by atoms with Gasteiger partial charge in [-0.2, -0.15) is 0 Å². The van der Waals surface area contributed by atoms with E-state index < -0.39 is 40.2 Å². The summed E-state index contributed by atoms with van der Waals surface area (Å²) in [6.45, 7) is -0.900. The van der Waals surface area contributed by atoms with E-state index in [1.165, 1.54) is 48.3 Å². The average Bonchev–Trinajstić information content (AvgIpc) is 2.86. The van der Waals surface area contributed by atoms with Crippen LogP contribution in [0.1, 0.15) is 11.1 Å². The summed E-state index contributed by atoms with van der Waals surface area (Å²) in [5, 5.41) is 2.88.